The number of likely N-dealkylation sites (N-methyl/N-ethyl adjacent to an activating group) is 1. The zero-order valence-electron chi connectivity index (χ0n) is 10.8. The molecule has 0 aliphatic carbocycles. The maximum absolute atomic E-state index is 13.8. The third-order valence-electron chi connectivity index (χ3n) is 3.12. The first-order valence-corrected chi connectivity index (χ1v) is 6.45. The number of benzene rings is 2. The third-order valence-corrected chi connectivity index (χ3v) is 3.36. The summed E-state index contributed by atoms with van der Waals surface area (Å²) >= 11 is 5.69. The molecule has 0 aliphatic rings. The molecule has 0 aliphatic heterocycles. The minimum Gasteiger partial charge on any atom is -0.313 e. The van der Waals surface area contributed by atoms with E-state index in [0.717, 1.165) is 18.2 Å². The van der Waals surface area contributed by atoms with E-state index in [4.69, 9.17) is 11.6 Å². The molecule has 1 atom stereocenters. The van der Waals surface area contributed by atoms with Gasteiger partial charge in [0.2, 0.25) is 0 Å². The van der Waals surface area contributed by atoms with E-state index in [1.807, 2.05) is 0 Å². The van der Waals surface area contributed by atoms with Gasteiger partial charge >= 0.3 is 0 Å². The average Bonchev–Trinajstić information content (AvgIpc) is 2.41. The number of halogens is 4. The van der Waals surface area contributed by atoms with Gasteiger partial charge in [-0.1, -0.05) is 17.7 Å². The molecule has 1 nitrogen and oxygen atoms in total. The molecular weight excluding hydrogens is 287 g/mol. The molecule has 20 heavy (non-hydrogen) atoms. The van der Waals surface area contributed by atoms with Gasteiger partial charge in [0.15, 0.2) is 0 Å². The van der Waals surface area contributed by atoms with Crippen LogP contribution < -0.4 is 5.32 Å². The van der Waals surface area contributed by atoms with Crippen molar-refractivity contribution in [1.29, 1.82) is 0 Å². The number of rotatable bonds is 4. The molecular formula is C15H13ClF3N. The van der Waals surface area contributed by atoms with Crippen LogP contribution in [0.3, 0.4) is 0 Å². The molecule has 2 aromatic carbocycles. The average molecular weight is 300 g/mol. The Morgan fingerprint density at radius 1 is 1.05 bits per heavy atom. The lowest BCUT2D eigenvalue weighted by atomic mass is 9.98. The van der Waals surface area contributed by atoms with Crippen molar-refractivity contribution >= 4 is 11.6 Å². The van der Waals surface area contributed by atoms with Gasteiger partial charge in [-0.3, -0.25) is 0 Å². The highest BCUT2D eigenvalue weighted by atomic mass is 35.5. The van der Waals surface area contributed by atoms with Crippen LogP contribution in [0.1, 0.15) is 17.2 Å². The van der Waals surface area contributed by atoms with Crippen LogP contribution in [-0.2, 0) is 6.42 Å². The van der Waals surface area contributed by atoms with Gasteiger partial charge in [0.25, 0.3) is 0 Å². The molecule has 5 heteroatoms. The van der Waals surface area contributed by atoms with Gasteiger partial charge in [-0.15, -0.1) is 0 Å². The van der Waals surface area contributed by atoms with Gasteiger partial charge in [0, 0.05) is 16.6 Å². The van der Waals surface area contributed by atoms with Crippen molar-refractivity contribution in [3.05, 3.63) is 70.0 Å². The molecule has 0 spiro atoms. The van der Waals surface area contributed by atoms with Gasteiger partial charge in [-0.05, 0) is 49.4 Å². The van der Waals surface area contributed by atoms with Crippen molar-refractivity contribution < 1.29 is 13.2 Å². The standard InChI is InChI=1S/C15H13ClF3N/c1-20-15(12-8-11(17)4-5-13(12)18)6-9-2-3-10(16)7-14(9)19/h2-5,7-8,15,20H,6H2,1H3. The van der Waals surface area contributed by atoms with E-state index >= 15 is 0 Å². The van der Waals surface area contributed by atoms with Gasteiger partial charge in [-0.25, -0.2) is 13.2 Å². The van der Waals surface area contributed by atoms with Crippen molar-refractivity contribution in [2.24, 2.45) is 0 Å². The second-order valence-electron chi connectivity index (χ2n) is 4.45. The van der Waals surface area contributed by atoms with Crippen LogP contribution in [-0.4, -0.2) is 7.05 Å². The summed E-state index contributed by atoms with van der Waals surface area (Å²) in [7, 11) is 1.61. The van der Waals surface area contributed by atoms with Crippen LogP contribution in [0.5, 0.6) is 0 Å². The van der Waals surface area contributed by atoms with E-state index < -0.39 is 23.5 Å². The van der Waals surface area contributed by atoms with Crippen LogP contribution in [0.15, 0.2) is 36.4 Å². The molecule has 0 heterocycles. The predicted molar refractivity (Wildman–Crippen MR) is 73.3 cm³/mol. The van der Waals surface area contributed by atoms with Gasteiger partial charge in [0.1, 0.15) is 17.5 Å². The van der Waals surface area contributed by atoms with E-state index in [1.54, 1.807) is 19.2 Å². The van der Waals surface area contributed by atoms with Crippen molar-refractivity contribution in [2.45, 2.75) is 12.5 Å². The maximum atomic E-state index is 13.8. The molecule has 0 amide bonds. The van der Waals surface area contributed by atoms with Crippen molar-refractivity contribution in [3.63, 3.8) is 0 Å². The molecule has 1 unspecified atom stereocenters. The fourth-order valence-corrected chi connectivity index (χ4v) is 2.22. The molecule has 0 saturated heterocycles. The Kier molecular flexibility index (Phi) is 4.68. The van der Waals surface area contributed by atoms with E-state index in [0.29, 0.717) is 10.6 Å². The van der Waals surface area contributed by atoms with Crippen LogP contribution >= 0.6 is 11.6 Å². The summed E-state index contributed by atoms with van der Waals surface area (Å²) in [6.07, 6.45) is 0.194. The van der Waals surface area contributed by atoms with Crippen molar-refractivity contribution in [2.75, 3.05) is 7.05 Å². The largest absolute Gasteiger partial charge is 0.313 e. The lowest BCUT2D eigenvalue weighted by Gasteiger charge is -2.18. The summed E-state index contributed by atoms with van der Waals surface area (Å²) in [6.45, 7) is 0. The van der Waals surface area contributed by atoms with Crippen molar-refractivity contribution in [1.82, 2.24) is 5.32 Å². The summed E-state index contributed by atoms with van der Waals surface area (Å²) in [5.41, 5.74) is 0.555. The summed E-state index contributed by atoms with van der Waals surface area (Å²) in [5.74, 6) is -1.52. The predicted octanol–water partition coefficient (Wildman–Crippen LogP) is 4.26. The lowest BCUT2D eigenvalue weighted by Crippen LogP contribution is -2.20. The topological polar surface area (TPSA) is 12.0 Å². The molecule has 2 aromatic rings. The first kappa shape index (κ1) is 14.9. The highest BCUT2D eigenvalue weighted by molar-refractivity contribution is 6.30. The first-order valence-electron chi connectivity index (χ1n) is 6.07. The Hall–Kier alpha value is -1.52. The quantitative estimate of drug-likeness (QED) is 0.889. The van der Waals surface area contributed by atoms with E-state index in [-0.39, 0.29) is 12.0 Å². The Balaban J connectivity index is 2.31. The SMILES string of the molecule is CNC(Cc1ccc(Cl)cc1F)c1cc(F)ccc1F. The fraction of sp³-hybridized carbons (Fsp3) is 0.200. The molecule has 2 rings (SSSR count). The summed E-state index contributed by atoms with van der Waals surface area (Å²) in [6, 6.07) is 7.01. The molecule has 0 radical (unpaired) electrons. The molecule has 1 N–H and O–H groups in total. The van der Waals surface area contributed by atoms with E-state index in [9.17, 15) is 13.2 Å². The minimum absolute atomic E-state index is 0.168. The highest BCUT2D eigenvalue weighted by Gasteiger charge is 2.17. The lowest BCUT2D eigenvalue weighted by molar-refractivity contribution is 0.511. The van der Waals surface area contributed by atoms with Gasteiger partial charge in [-0.2, -0.15) is 0 Å². The smallest absolute Gasteiger partial charge is 0.128 e. The summed E-state index contributed by atoms with van der Waals surface area (Å²) in [4.78, 5) is 0. The minimum atomic E-state index is -0.529. The summed E-state index contributed by atoms with van der Waals surface area (Å²) in [5, 5.41) is 3.17. The number of nitrogens with one attached hydrogen (secondary N) is 1. The molecule has 0 aromatic heterocycles. The Morgan fingerprint density at radius 3 is 2.45 bits per heavy atom. The second-order valence-corrected chi connectivity index (χ2v) is 4.88. The molecule has 0 fully saturated rings. The zero-order chi connectivity index (χ0) is 14.7. The van der Waals surface area contributed by atoms with Crippen LogP contribution in [0.25, 0.3) is 0 Å². The fourth-order valence-electron chi connectivity index (χ4n) is 2.06. The van der Waals surface area contributed by atoms with Crippen LogP contribution in [0.4, 0.5) is 13.2 Å². The second kappa shape index (κ2) is 6.29. The molecule has 0 saturated carbocycles. The monoisotopic (exact) mass is 299 g/mol. The Labute approximate surface area is 120 Å². The van der Waals surface area contributed by atoms with Gasteiger partial charge < -0.3 is 5.32 Å². The van der Waals surface area contributed by atoms with Gasteiger partial charge in [0.05, 0.1) is 0 Å². The van der Waals surface area contributed by atoms with Crippen molar-refractivity contribution in [3.8, 4) is 0 Å². The highest BCUT2D eigenvalue weighted by Crippen LogP contribution is 2.24. The Bertz CT molecular complexity index is 616. The van der Waals surface area contributed by atoms with Crippen LogP contribution in [0, 0.1) is 17.5 Å². The molecule has 0 bridgehead atoms. The first-order chi connectivity index (χ1) is 9.51. The zero-order valence-corrected chi connectivity index (χ0v) is 11.5. The normalized spacial score (nSPS) is 12.4. The molecule has 106 valence electrons. The van der Waals surface area contributed by atoms with Crippen LogP contribution in [0.2, 0.25) is 5.02 Å². The summed E-state index contributed by atoms with van der Waals surface area (Å²) < 4.78 is 40.7. The number of hydrogen-bond acceptors (Lipinski definition) is 1. The van der Waals surface area contributed by atoms with E-state index in [1.165, 1.54) is 6.07 Å². The third kappa shape index (κ3) is 3.32. The maximum Gasteiger partial charge on any atom is 0.128 e. The Morgan fingerprint density at radius 2 is 1.80 bits per heavy atom. The number of hydrogen-bond donors (Lipinski definition) is 1. The van der Waals surface area contributed by atoms with E-state index in [2.05, 4.69) is 5.32 Å².